The standard InChI is InChI=1S/C5H10N2O3.C2H6/c1-3(5(9)10)2-4(8)7-6;1-2/h3H,2,6H2,1H3,(H,7,8)(H,9,10);1-2H3. The number of carbonyl (C=O) groups excluding carboxylic acids is 1. The van der Waals surface area contributed by atoms with E-state index in [9.17, 15) is 9.59 Å². The van der Waals surface area contributed by atoms with Crippen LogP contribution in [0.3, 0.4) is 0 Å². The summed E-state index contributed by atoms with van der Waals surface area (Å²) >= 11 is 0. The number of nitrogens with one attached hydrogen (secondary N) is 1. The van der Waals surface area contributed by atoms with Crippen LogP contribution in [0, 0.1) is 5.92 Å². The van der Waals surface area contributed by atoms with E-state index in [1.807, 2.05) is 19.3 Å². The Balaban J connectivity index is 0. The van der Waals surface area contributed by atoms with Crippen LogP contribution in [0.1, 0.15) is 27.2 Å². The molecule has 0 aromatic carbocycles. The average Bonchev–Trinajstić information content (AvgIpc) is 2.07. The molecule has 0 aliphatic rings. The summed E-state index contributed by atoms with van der Waals surface area (Å²) in [4.78, 5) is 20.6. The normalized spacial score (nSPS) is 10.7. The SMILES string of the molecule is CC.CC(CC(=O)NN)C(=O)O. The molecule has 0 aliphatic carbocycles. The van der Waals surface area contributed by atoms with Gasteiger partial charge < -0.3 is 5.11 Å². The van der Waals surface area contributed by atoms with Crippen LogP contribution in [-0.4, -0.2) is 17.0 Å². The number of aliphatic carboxylic acids is 1. The lowest BCUT2D eigenvalue weighted by atomic mass is 10.1. The van der Waals surface area contributed by atoms with Crippen molar-refractivity contribution in [1.82, 2.24) is 5.43 Å². The van der Waals surface area contributed by atoms with Gasteiger partial charge >= 0.3 is 5.97 Å². The van der Waals surface area contributed by atoms with Crippen LogP contribution in [0.25, 0.3) is 0 Å². The molecule has 0 saturated heterocycles. The Morgan fingerprint density at radius 3 is 2.17 bits per heavy atom. The van der Waals surface area contributed by atoms with Crippen LogP contribution in [0.15, 0.2) is 0 Å². The van der Waals surface area contributed by atoms with Crippen molar-refractivity contribution in [3.05, 3.63) is 0 Å². The average molecular weight is 176 g/mol. The molecule has 1 unspecified atom stereocenters. The van der Waals surface area contributed by atoms with Crippen molar-refractivity contribution in [2.45, 2.75) is 27.2 Å². The van der Waals surface area contributed by atoms with Gasteiger partial charge in [-0.3, -0.25) is 15.0 Å². The second-order valence-corrected chi connectivity index (χ2v) is 2.01. The van der Waals surface area contributed by atoms with Gasteiger partial charge in [-0.05, 0) is 0 Å². The van der Waals surface area contributed by atoms with E-state index in [1.165, 1.54) is 6.92 Å². The van der Waals surface area contributed by atoms with Gasteiger partial charge in [-0.2, -0.15) is 0 Å². The van der Waals surface area contributed by atoms with Crippen LogP contribution in [0.2, 0.25) is 0 Å². The predicted molar refractivity (Wildman–Crippen MR) is 45.1 cm³/mol. The zero-order chi connectivity index (χ0) is 10.1. The quantitative estimate of drug-likeness (QED) is 0.323. The molecule has 0 aromatic rings. The molecule has 0 bridgehead atoms. The number of hydrogen-bond donors (Lipinski definition) is 3. The Kier molecular flexibility index (Phi) is 8.99. The molecule has 0 rings (SSSR count). The van der Waals surface area contributed by atoms with E-state index in [0.29, 0.717) is 0 Å². The van der Waals surface area contributed by atoms with Crippen molar-refractivity contribution >= 4 is 11.9 Å². The fourth-order valence-corrected chi connectivity index (χ4v) is 0.424. The Labute approximate surface area is 71.9 Å². The molecule has 4 N–H and O–H groups in total. The van der Waals surface area contributed by atoms with E-state index in [0.717, 1.165) is 0 Å². The summed E-state index contributed by atoms with van der Waals surface area (Å²) in [5.41, 5.74) is 1.85. The summed E-state index contributed by atoms with van der Waals surface area (Å²) < 4.78 is 0. The predicted octanol–water partition coefficient (Wildman–Crippen LogP) is 0.113. The molecule has 0 fully saturated rings. The smallest absolute Gasteiger partial charge is 0.306 e. The van der Waals surface area contributed by atoms with E-state index in [1.54, 1.807) is 0 Å². The highest BCUT2D eigenvalue weighted by molar-refractivity contribution is 5.81. The third kappa shape index (κ3) is 7.01. The summed E-state index contributed by atoms with van der Waals surface area (Å²) in [5, 5.41) is 8.31. The number of carbonyl (C=O) groups is 2. The monoisotopic (exact) mass is 176 g/mol. The summed E-state index contributed by atoms with van der Waals surface area (Å²) in [5.74, 6) is 2.59. The Bertz CT molecular complexity index is 148. The highest BCUT2D eigenvalue weighted by Gasteiger charge is 2.14. The molecule has 5 heteroatoms. The number of rotatable bonds is 3. The van der Waals surface area contributed by atoms with E-state index in [-0.39, 0.29) is 6.42 Å². The van der Waals surface area contributed by atoms with Crippen molar-refractivity contribution < 1.29 is 14.7 Å². The fraction of sp³-hybridized carbons (Fsp3) is 0.714. The number of hydrogen-bond acceptors (Lipinski definition) is 3. The fourth-order valence-electron chi connectivity index (χ4n) is 0.424. The van der Waals surface area contributed by atoms with Crippen molar-refractivity contribution in [2.75, 3.05) is 0 Å². The van der Waals surface area contributed by atoms with Crippen LogP contribution >= 0.6 is 0 Å². The van der Waals surface area contributed by atoms with Crippen LogP contribution in [-0.2, 0) is 9.59 Å². The third-order valence-electron chi connectivity index (χ3n) is 1.07. The lowest BCUT2D eigenvalue weighted by Crippen LogP contribution is -2.32. The van der Waals surface area contributed by atoms with E-state index in [2.05, 4.69) is 0 Å². The zero-order valence-corrected chi connectivity index (χ0v) is 7.63. The number of carboxylic acid groups (broad SMARTS) is 1. The number of nitrogens with two attached hydrogens (primary N) is 1. The van der Waals surface area contributed by atoms with E-state index in [4.69, 9.17) is 10.9 Å². The molecule has 1 amide bonds. The second kappa shape index (κ2) is 8.00. The maximum absolute atomic E-state index is 10.4. The lowest BCUT2D eigenvalue weighted by molar-refractivity contribution is -0.143. The van der Waals surface area contributed by atoms with Crippen molar-refractivity contribution in [3.63, 3.8) is 0 Å². The lowest BCUT2D eigenvalue weighted by Gasteiger charge is -2.02. The van der Waals surface area contributed by atoms with Gasteiger partial charge in [-0.25, -0.2) is 5.84 Å². The summed E-state index contributed by atoms with van der Waals surface area (Å²) in [6.45, 7) is 5.44. The maximum Gasteiger partial charge on any atom is 0.306 e. The van der Waals surface area contributed by atoms with Crippen molar-refractivity contribution in [2.24, 2.45) is 11.8 Å². The number of amides is 1. The van der Waals surface area contributed by atoms with Crippen molar-refractivity contribution in [1.29, 1.82) is 0 Å². The van der Waals surface area contributed by atoms with Gasteiger partial charge in [-0.15, -0.1) is 0 Å². The summed E-state index contributed by atoms with van der Waals surface area (Å²) in [6, 6.07) is 0. The minimum absolute atomic E-state index is 0.0775. The summed E-state index contributed by atoms with van der Waals surface area (Å²) in [7, 11) is 0. The molecule has 12 heavy (non-hydrogen) atoms. The van der Waals surface area contributed by atoms with Crippen molar-refractivity contribution in [3.8, 4) is 0 Å². The van der Waals surface area contributed by atoms with Gasteiger partial charge in [0, 0.05) is 6.42 Å². The van der Waals surface area contributed by atoms with E-state index >= 15 is 0 Å². The van der Waals surface area contributed by atoms with Gasteiger partial charge in [0.25, 0.3) is 0 Å². The van der Waals surface area contributed by atoms with Gasteiger partial charge in [0.1, 0.15) is 0 Å². The largest absolute Gasteiger partial charge is 0.481 e. The molecular formula is C7H16N2O3. The molecule has 0 heterocycles. The minimum atomic E-state index is -0.997. The molecular weight excluding hydrogens is 160 g/mol. The summed E-state index contributed by atoms with van der Waals surface area (Å²) in [6.07, 6.45) is -0.0775. The van der Waals surface area contributed by atoms with Crippen LogP contribution < -0.4 is 11.3 Å². The zero-order valence-electron chi connectivity index (χ0n) is 7.63. The highest BCUT2D eigenvalue weighted by Crippen LogP contribution is 1.99. The third-order valence-corrected chi connectivity index (χ3v) is 1.07. The molecule has 0 aliphatic heterocycles. The van der Waals surface area contributed by atoms with Crippen LogP contribution in [0.4, 0.5) is 0 Å². The van der Waals surface area contributed by atoms with Gasteiger partial charge in [-0.1, -0.05) is 20.8 Å². The second-order valence-electron chi connectivity index (χ2n) is 2.01. The first-order valence-electron chi connectivity index (χ1n) is 3.80. The molecule has 0 saturated carbocycles. The minimum Gasteiger partial charge on any atom is -0.481 e. The first-order valence-corrected chi connectivity index (χ1v) is 3.80. The Hall–Kier alpha value is -1.10. The van der Waals surface area contributed by atoms with Crippen LogP contribution in [0.5, 0.6) is 0 Å². The highest BCUT2D eigenvalue weighted by atomic mass is 16.4. The van der Waals surface area contributed by atoms with Gasteiger partial charge in [0.05, 0.1) is 5.92 Å². The number of carboxylic acids is 1. The Morgan fingerprint density at radius 2 is 1.92 bits per heavy atom. The molecule has 5 nitrogen and oxygen atoms in total. The molecule has 0 spiro atoms. The first-order chi connectivity index (χ1) is 5.57. The molecule has 0 aromatic heterocycles. The Morgan fingerprint density at radius 1 is 1.50 bits per heavy atom. The maximum atomic E-state index is 10.4. The van der Waals surface area contributed by atoms with Gasteiger partial charge in [0.2, 0.25) is 5.91 Å². The number of hydrazine groups is 1. The topological polar surface area (TPSA) is 92.4 Å². The molecule has 0 radical (unpaired) electrons. The molecule has 72 valence electrons. The van der Waals surface area contributed by atoms with E-state index < -0.39 is 17.8 Å². The first kappa shape index (κ1) is 13.5. The molecule has 1 atom stereocenters. The van der Waals surface area contributed by atoms with Gasteiger partial charge in [0.15, 0.2) is 0 Å².